The largest absolute Gasteiger partial charge is 0.497 e. The average molecular weight is 281 g/mol. The topological polar surface area (TPSA) is 53.1 Å². The zero-order valence-electron chi connectivity index (χ0n) is 12.3. The fourth-order valence-corrected chi connectivity index (χ4v) is 2.58. The van der Waals surface area contributed by atoms with E-state index < -0.39 is 0 Å². The number of imidazole rings is 1. The van der Waals surface area contributed by atoms with Crippen LogP contribution in [0.25, 0.3) is 22.4 Å². The van der Waals surface area contributed by atoms with E-state index in [4.69, 9.17) is 15.5 Å². The Kier molecular flexibility index (Phi) is 3.62. The molecule has 3 rings (SSSR count). The van der Waals surface area contributed by atoms with Crippen LogP contribution in [0.4, 0.5) is 0 Å². The minimum Gasteiger partial charge on any atom is -0.497 e. The molecule has 108 valence electrons. The van der Waals surface area contributed by atoms with Crippen LogP contribution >= 0.6 is 0 Å². The normalized spacial score (nSPS) is 11.0. The van der Waals surface area contributed by atoms with Crippen molar-refractivity contribution in [3.05, 3.63) is 48.0 Å². The van der Waals surface area contributed by atoms with Crippen molar-refractivity contribution >= 4 is 11.0 Å². The molecule has 4 nitrogen and oxygen atoms in total. The minimum atomic E-state index is 0.535. The molecule has 2 N–H and O–H groups in total. The van der Waals surface area contributed by atoms with E-state index in [2.05, 4.69) is 29.7 Å². The molecule has 0 fully saturated rings. The van der Waals surface area contributed by atoms with Gasteiger partial charge in [-0.05, 0) is 48.9 Å². The van der Waals surface area contributed by atoms with Crippen LogP contribution in [-0.4, -0.2) is 16.7 Å². The van der Waals surface area contributed by atoms with Crippen LogP contribution in [0.3, 0.4) is 0 Å². The summed E-state index contributed by atoms with van der Waals surface area (Å²) in [5.74, 6) is 1.83. The van der Waals surface area contributed by atoms with Gasteiger partial charge in [0.2, 0.25) is 0 Å². The number of rotatable bonds is 4. The second kappa shape index (κ2) is 5.58. The highest BCUT2D eigenvalue weighted by molar-refractivity contribution is 5.81. The third-order valence-electron chi connectivity index (χ3n) is 3.71. The van der Waals surface area contributed by atoms with Gasteiger partial charge < -0.3 is 15.0 Å². The van der Waals surface area contributed by atoms with Gasteiger partial charge in [-0.25, -0.2) is 4.98 Å². The number of fused-ring (bicyclic) bond motifs is 1. The molecule has 0 saturated heterocycles. The highest BCUT2D eigenvalue weighted by Crippen LogP contribution is 2.27. The van der Waals surface area contributed by atoms with Gasteiger partial charge in [0.05, 0.1) is 18.1 Å². The van der Waals surface area contributed by atoms with Gasteiger partial charge in [0.1, 0.15) is 11.6 Å². The summed E-state index contributed by atoms with van der Waals surface area (Å²) < 4.78 is 7.43. The van der Waals surface area contributed by atoms with E-state index in [1.54, 1.807) is 7.11 Å². The van der Waals surface area contributed by atoms with Crippen molar-refractivity contribution in [1.29, 1.82) is 0 Å². The molecule has 0 bridgehead atoms. The maximum atomic E-state index is 5.71. The van der Waals surface area contributed by atoms with Gasteiger partial charge in [-0.2, -0.15) is 0 Å². The number of nitrogens with zero attached hydrogens (tertiary/aromatic N) is 2. The molecule has 0 saturated carbocycles. The molecule has 1 aromatic heterocycles. The number of hydrogen-bond acceptors (Lipinski definition) is 3. The lowest BCUT2D eigenvalue weighted by molar-refractivity contribution is 0.415. The van der Waals surface area contributed by atoms with Crippen molar-refractivity contribution < 1.29 is 4.74 Å². The third kappa shape index (κ3) is 2.38. The number of aryl methyl sites for hydroxylation is 1. The maximum Gasteiger partial charge on any atom is 0.141 e. The Hall–Kier alpha value is -2.33. The molecule has 0 aliphatic heterocycles. The number of ether oxygens (including phenoxy) is 1. The second-order valence-electron chi connectivity index (χ2n) is 4.94. The fraction of sp³-hybridized carbons (Fsp3) is 0.235. The first kappa shape index (κ1) is 13.6. The highest BCUT2D eigenvalue weighted by Gasteiger charge is 2.11. The van der Waals surface area contributed by atoms with Crippen LogP contribution in [-0.2, 0) is 13.1 Å². The third-order valence-corrected chi connectivity index (χ3v) is 3.71. The molecule has 0 radical (unpaired) electrons. The second-order valence-corrected chi connectivity index (χ2v) is 4.94. The summed E-state index contributed by atoms with van der Waals surface area (Å²) in [7, 11) is 1.67. The first-order valence-electron chi connectivity index (χ1n) is 7.10. The van der Waals surface area contributed by atoms with Crippen LogP contribution in [0.15, 0.2) is 42.5 Å². The molecule has 0 aliphatic carbocycles. The zero-order valence-corrected chi connectivity index (χ0v) is 12.3. The molecule has 0 amide bonds. The number of aromatic nitrogens is 2. The van der Waals surface area contributed by atoms with Gasteiger partial charge in [-0.3, -0.25) is 0 Å². The smallest absolute Gasteiger partial charge is 0.141 e. The van der Waals surface area contributed by atoms with E-state index in [0.717, 1.165) is 40.3 Å². The Morgan fingerprint density at radius 1 is 1.14 bits per heavy atom. The van der Waals surface area contributed by atoms with Crippen LogP contribution < -0.4 is 10.5 Å². The van der Waals surface area contributed by atoms with Gasteiger partial charge in [-0.15, -0.1) is 0 Å². The molecule has 21 heavy (non-hydrogen) atoms. The van der Waals surface area contributed by atoms with Gasteiger partial charge in [0.25, 0.3) is 0 Å². The maximum absolute atomic E-state index is 5.71. The predicted molar refractivity (Wildman–Crippen MR) is 85.3 cm³/mol. The standard InChI is InChI=1S/C17H19N3O/c1-3-20-16-9-4-12(11-18)10-15(16)19-17(20)13-5-7-14(21-2)8-6-13/h4-10H,3,11,18H2,1-2H3. The molecule has 2 aromatic carbocycles. The van der Waals surface area contributed by atoms with Crippen LogP contribution in [0.5, 0.6) is 5.75 Å². The van der Waals surface area contributed by atoms with Crippen LogP contribution in [0.2, 0.25) is 0 Å². The highest BCUT2D eigenvalue weighted by atomic mass is 16.5. The molecular weight excluding hydrogens is 262 g/mol. The molecule has 0 spiro atoms. The summed E-state index contributed by atoms with van der Waals surface area (Å²) in [6.45, 7) is 3.54. The minimum absolute atomic E-state index is 0.535. The molecule has 0 unspecified atom stereocenters. The van der Waals surface area contributed by atoms with Crippen molar-refractivity contribution in [1.82, 2.24) is 9.55 Å². The summed E-state index contributed by atoms with van der Waals surface area (Å²) in [6.07, 6.45) is 0. The average Bonchev–Trinajstić information content (AvgIpc) is 2.92. The Morgan fingerprint density at radius 3 is 2.52 bits per heavy atom. The number of benzene rings is 2. The summed E-state index contributed by atoms with van der Waals surface area (Å²) >= 11 is 0. The predicted octanol–water partition coefficient (Wildman–Crippen LogP) is 3.19. The lowest BCUT2D eigenvalue weighted by atomic mass is 10.2. The summed E-state index contributed by atoms with van der Waals surface area (Å²) in [5, 5.41) is 0. The Labute approximate surface area is 124 Å². The SMILES string of the molecule is CCn1c(-c2ccc(OC)cc2)nc2cc(CN)ccc21. The lowest BCUT2D eigenvalue weighted by Gasteiger charge is -2.07. The zero-order chi connectivity index (χ0) is 14.8. The van der Waals surface area contributed by atoms with E-state index in [1.807, 2.05) is 24.3 Å². The van der Waals surface area contributed by atoms with Crippen molar-refractivity contribution in [3.8, 4) is 17.1 Å². The summed E-state index contributed by atoms with van der Waals surface area (Å²) in [6, 6.07) is 14.2. The van der Waals surface area contributed by atoms with Crippen molar-refractivity contribution in [3.63, 3.8) is 0 Å². The first-order valence-corrected chi connectivity index (χ1v) is 7.10. The quantitative estimate of drug-likeness (QED) is 0.799. The van der Waals surface area contributed by atoms with E-state index in [0.29, 0.717) is 6.54 Å². The fourth-order valence-electron chi connectivity index (χ4n) is 2.58. The van der Waals surface area contributed by atoms with Crippen LogP contribution in [0.1, 0.15) is 12.5 Å². The number of nitrogens with two attached hydrogens (primary N) is 1. The molecule has 4 heteroatoms. The summed E-state index contributed by atoms with van der Waals surface area (Å²) in [4.78, 5) is 4.78. The molecule has 0 atom stereocenters. The van der Waals surface area contributed by atoms with Gasteiger partial charge in [-0.1, -0.05) is 6.07 Å². The number of methoxy groups -OCH3 is 1. The number of hydrogen-bond donors (Lipinski definition) is 1. The van der Waals surface area contributed by atoms with E-state index in [-0.39, 0.29) is 0 Å². The van der Waals surface area contributed by atoms with Gasteiger partial charge >= 0.3 is 0 Å². The van der Waals surface area contributed by atoms with Crippen LogP contribution in [0, 0.1) is 0 Å². The van der Waals surface area contributed by atoms with E-state index >= 15 is 0 Å². The van der Waals surface area contributed by atoms with Gasteiger partial charge in [0.15, 0.2) is 0 Å². The molecule has 0 aliphatic rings. The Morgan fingerprint density at radius 2 is 1.90 bits per heavy atom. The first-order chi connectivity index (χ1) is 10.3. The Balaban J connectivity index is 2.16. The molecule has 3 aromatic rings. The van der Waals surface area contributed by atoms with Gasteiger partial charge in [0, 0.05) is 18.7 Å². The molecular formula is C17H19N3O. The van der Waals surface area contributed by atoms with E-state index in [1.165, 1.54) is 0 Å². The van der Waals surface area contributed by atoms with Crippen molar-refractivity contribution in [2.75, 3.05) is 7.11 Å². The molecule has 1 heterocycles. The summed E-state index contributed by atoms with van der Waals surface area (Å²) in [5.41, 5.74) is 10.0. The lowest BCUT2D eigenvalue weighted by Crippen LogP contribution is -1.98. The Bertz CT molecular complexity index is 760. The van der Waals surface area contributed by atoms with E-state index in [9.17, 15) is 0 Å². The van der Waals surface area contributed by atoms with Crippen molar-refractivity contribution in [2.24, 2.45) is 5.73 Å². The van der Waals surface area contributed by atoms with Crippen molar-refractivity contribution in [2.45, 2.75) is 20.0 Å². The monoisotopic (exact) mass is 281 g/mol.